The molecule has 1 aliphatic carbocycles. The van der Waals surface area contributed by atoms with Gasteiger partial charge in [0.25, 0.3) is 5.91 Å². The van der Waals surface area contributed by atoms with E-state index in [9.17, 15) is 27.9 Å². The predicted molar refractivity (Wildman–Crippen MR) is 137 cm³/mol. The molecule has 0 aromatic heterocycles. The van der Waals surface area contributed by atoms with Gasteiger partial charge in [0.05, 0.1) is 35.5 Å². The third-order valence-electron chi connectivity index (χ3n) is 6.34. The van der Waals surface area contributed by atoms with Crippen LogP contribution in [0.4, 0.5) is 38.1 Å². The van der Waals surface area contributed by atoms with Crippen molar-refractivity contribution in [2.24, 2.45) is 11.7 Å². The Balaban J connectivity index is 1.72. The van der Waals surface area contributed by atoms with Crippen LogP contribution in [0.1, 0.15) is 47.6 Å². The number of carbonyl (C=O) groups is 2. The Bertz CT molecular complexity index is 1180. The fraction of sp³-hybridized carbons (Fsp3) is 0.440. The summed E-state index contributed by atoms with van der Waals surface area (Å²) >= 11 is 6.02. The summed E-state index contributed by atoms with van der Waals surface area (Å²) in [5.74, 6) is -4.12. The van der Waals surface area contributed by atoms with E-state index in [0.29, 0.717) is 23.6 Å². The lowest BCUT2D eigenvalue weighted by atomic mass is 9.90. The molecule has 0 heterocycles. The van der Waals surface area contributed by atoms with Crippen molar-refractivity contribution in [1.82, 2.24) is 10.6 Å². The lowest BCUT2D eigenvalue weighted by molar-refractivity contribution is -0.133. The number of urea groups is 1. The Kier molecular flexibility index (Phi) is 10.3. The van der Waals surface area contributed by atoms with Gasteiger partial charge in [0, 0.05) is 30.2 Å². The number of primary amides is 1. The van der Waals surface area contributed by atoms with Gasteiger partial charge in [-0.2, -0.15) is 13.2 Å². The first-order valence-corrected chi connectivity index (χ1v) is 12.6. The van der Waals surface area contributed by atoms with Crippen LogP contribution in [0.15, 0.2) is 30.3 Å². The number of carbonyl (C=O) groups excluding carboxylic acids is 2. The highest BCUT2D eigenvalue weighted by Gasteiger charge is 2.34. The van der Waals surface area contributed by atoms with Crippen LogP contribution in [-0.2, 0) is 0 Å². The summed E-state index contributed by atoms with van der Waals surface area (Å²) < 4.78 is 67.0. The van der Waals surface area contributed by atoms with Gasteiger partial charge in [-0.25, -0.2) is 13.6 Å². The first kappa shape index (κ1) is 30.4. The third-order valence-corrected chi connectivity index (χ3v) is 6.57. The van der Waals surface area contributed by atoms with Crippen molar-refractivity contribution in [2.75, 3.05) is 30.3 Å². The van der Waals surface area contributed by atoms with Crippen molar-refractivity contribution in [1.29, 1.82) is 0 Å². The second kappa shape index (κ2) is 13.3. The molecule has 0 spiro atoms. The number of aliphatic hydroxyl groups is 1. The molecular formula is C25H29ClF5N5O3. The minimum Gasteiger partial charge on any atom is -0.393 e. The van der Waals surface area contributed by atoms with Crippen LogP contribution in [0.25, 0.3) is 0 Å². The second-order valence-corrected chi connectivity index (χ2v) is 9.67. The largest absolute Gasteiger partial charge is 0.393 e. The van der Waals surface area contributed by atoms with Crippen LogP contribution in [0.5, 0.6) is 0 Å². The maximum Gasteiger partial charge on any atom is 0.390 e. The highest BCUT2D eigenvalue weighted by molar-refractivity contribution is 6.31. The second-order valence-electron chi connectivity index (χ2n) is 9.23. The van der Waals surface area contributed by atoms with Gasteiger partial charge in [-0.3, -0.25) is 4.79 Å². The number of nitrogens with one attached hydrogen (secondary N) is 4. The van der Waals surface area contributed by atoms with Gasteiger partial charge in [-0.05, 0) is 49.4 Å². The monoisotopic (exact) mass is 577 g/mol. The number of hydrogen-bond donors (Lipinski definition) is 6. The summed E-state index contributed by atoms with van der Waals surface area (Å²) in [4.78, 5) is 24.4. The quantitative estimate of drug-likeness (QED) is 0.170. The van der Waals surface area contributed by atoms with Crippen molar-refractivity contribution in [3.05, 3.63) is 58.1 Å². The van der Waals surface area contributed by atoms with Gasteiger partial charge in [0.1, 0.15) is 0 Å². The number of anilines is 2. The zero-order valence-electron chi connectivity index (χ0n) is 20.7. The highest BCUT2D eigenvalue weighted by atomic mass is 35.5. The first-order valence-electron chi connectivity index (χ1n) is 12.2. The number of aliphatic hydroxyl groups excluding tert-OH is 1. The molecule has 0 saturated heterocycles. The van der Waals surface area contributed by atoms with Crippen LogP contribution in [0.3, 0.4) is 0 Å². The minimum absolute atomic E-state index is 0.176. The van der Waals surface area contributed by atoms with Crippen LogP contribution in [0.2, 0.25) is 5.02 Å². The summed E-state index contributed by atoms with van der Waals surface area (Å²) in [6.45, 7) is 0.0982. The van der Waals surface area contributed by atoms with Crippen LogP contribution >= 0.6 is 11.6 Å². The maximum absolute atomic E-state index is 15.2. The normalized spacial score (nSPS) is 18.0. The molecule has 1 fully saturated rings. The van der Waals surface area contributed by atoms with E-state index >= 15 is 8.78 Å². The number of halogens is 6. The number of benzene rings is 2. The Labute approximate surface area is 226 Å². The summed E-state index contributed by atoms with van der Waals surface area (Å²) in [6, 6.07) is 4.68. The summed E-state index contributed by atoms with van der Waals surface area (Å²) in [5.41, 5.74) is 4.92. The van der Waals surface area contributed by atoms with Crippen molar-refractivity contribution < 1.29 is 36.6 Å². The smallest absolute Gasteiger partial charge is 0.390 e. The Morgan fingerprint density at radius 3 is 2.44 bits per heavy atom. The molecule has 0 bridgehead atoms. The van der Waals surface area contributed by atoms with Crippen molar-refractivity contribution in [3.63, 3.8) is 0 Å². The highest BCUT2D eigenvalue weighted by Crippen LogP contribution is 2.38. The Morgan fingerprint density at radius 2 is 1.79 bits per heavy atom. The molecule has 14 heteroatoms. The van der Waals surface area contributed by atoms with E-state index in [2.05, 4.69) is 21.3 Å². The maximum atomic E-state index is 15.2. The topological polar surface area (TPSA) is 129 Å². The SMILES string of the molecule is NC(=O)NC(c1ccc(C(=O)Nc2ccc(Cl)cc2NCCNCCC(F)(F)F)c(F)c1F)C1CC[C@@H](O)C1. The predicted octanol–water partition coefficient (Wildman–Crippen LogP) is 4.69. The van der Waals surface area contributed by atoms with Crippen molar-refractivity contribution in [2.45, 2.75) is 44.0 Å². The average molecular weight is 578 g/mol. The molecule has 3 amide bonds. The van der Waals surface area contributed by atoms with E-state index in [1.54, 1.807) is 0 Å². The van der Waals surface area contributed by atoms with E-state index in [-0.39, 0.29) is 43.2 Å². The van der Waals surface area contributed by atoms with Gasteiger partial charge < -0.3 is 32.1 Å². The van der Waals surface area contributed by atoms with Gasteiger partial charge in [0.15, 0.2) is 11.6 Å². The zero-order valence-corrected chi connectivity index (χ0v) is 21.4. The van der Waals surface area contributed by atoms with Crippen LogP contribution in [-0.4, -0.2) is 49.0 Å². The van der Waals surface area contributed by atoms with Crippen LogP contribution in [0, 0.1) is 17.6 Å². The summed E-state index contributed by atoms with van der Waals surface area (Å²) in [6.07, 6.45) is -4.72. The molecule has 0 aliphatic heterocycles. The standard InChI is InChI=1S/C25H29ClF5N5O3/c26-14-2-6-18(19(12-14)34-10-9-33-8-7-25(29,30)31)35-23(38)17-5-4-16(20(27)21(17)28)22(36-24(32)39)13-1-3-15(37)11-13/h2,4-6,12-13,15,22,33-34,37H,1,3,7-11H2,(H,35,38)(H3,32,36,39)/t13?,15-,22?/m1/s1. The Hall–Kier alpha value is -3.16. The van der Waals surface area contributed by atoms with E-state index in [1.165, 1.54) is 24.3 Å². The molecule has 1 saturated carbocycles. The molecule has 2 aromatic carbocycles. The van der Waals surface area contributed by atoms with E-state index in [4.69, 9.17) is 17.3 Å². The molecule has 214 valence electrons. The molecule has 3 rings (SSSR count). The number of amides is 3. The molecule has 1 aliphatic rings. The molecule has 3 atom stereocenters. The Morgan fingerprint density at radius 1 is 1.05 bits per heavy atom. The number of nitrogens with two attached hydrogens (primary N) is 1. The van der Waals surface area contributed by atoms with E-state index in [0.717, 1.165) is 6.07 Å². The molecular weight excluding hydrogens is 549 g/mol. The minimum atomic E-state index is -4.27. The lowest BCUT2D eigenvalue weighted by Gasteiger charge is -2.25. The number of alkyl halides is 3. The van der Waals surface area contributed by atoms with Gasteiger partial charge in [0.2, 0.25) is 0 Å². The van der Waals surface area contributed by atoms with Crippen molar-refractivity contribution in [3.8, 4) is 0 Å². The fourth-order valence-corrected chi connectivity index (χ4v) is 4.65. The molecule has 7 N–H and O–H groups in total. The van der Waals surface area contributed by atoms with Crippen molar-refractivity contribution >= 4 is 34.9 Å². The summed E-state index contributed by atoms with van der Waals surface area (Å²) in [5, 5.41) is 20.6. The molecule has 0 radical (unpaired) electrons. The van der Waals surface area contributed by atoms with Gasteiger partial charge in [-0.1, -0.05) is 17.7 Å². The molecule has 2 unspecified atom stereocenters. The van der Waals surface area contributed by atoms with E-state index in [1.807, 2.05) is 0 Å². The molecule has 8 nitrogen and oxygen atoms in total. The summed E-state index contributed by atoms with van der Waals surface area (Å²) in [7, 11) is 0. The van der Waals surface area contributed by atoms with Gasteiger partial charge >= 0.3 is 12.2 Å². The average Bonchev–Trinajstić information content (AvgIpc) is 3.28. The van der Waals surface area contributed by atoms with Crippen LogP contribution < -0.4 is 27.0 Å². The van der Waals surface area contributed by atoms with Gasteiger partial charge in [-0.15, -0.1) is 0 Å². The third kappa shape index (κ3) is 8.67. The number of hydrogen-bond acceptors (Lipinski definition) is 5. The molecule has 39 heavy (non-hydrogen) atoms. The first-order chi connectivity index (χ1) is 18.4. The fourth-order valence-electron chi connectivity index (χ4n) is 4.48. The zero-order chi connectivity index (χ0) is 28.7. The van der Waals surface area contributed by atoms with E-state index < -0.39 is 53.9 Å². The lowest BCUT2D eigenvalue weighted by Crippen LogP contribution is -2.37. The molecule has 2 aromatic rings. The number of rotatable bonds is 11.